The summed E-state index contributed by atoms with van der Waals surface area (Å²) in [5, 5.41) is 7.79. The summed E-state index contributed by atoms with van der Waals surface area (Å²) < 4.78 is 2.39. The second-order valence-electron chi connectivity index (χ2n) is 10.1. The molecule has 0 amide bonds. The lowest BCUT2D eigenvalue weighted by atomic mass is 9.85. The van der Waals surface area contributed by atoms with Crippen molar-refractivity contribution < 1.29 is 0 Å². The van der Waals surface area contributed by atoms with Gasteiger partial charge in [-0.05, 0) is 65.6 Å². The number of hydrogen-bond donors (Lipinski definition) is 3. The number of hydrogen-bond acceptors (Lipinski definition) is 7. The molecule has 0 radical (unpaired) electrons. The molecule has 0 saturated heterocycles. The van der Waals surface area contributed by atoms with Crippen LogP contribution in [-0.2, 0) is 6.54 Å². The largest absolute Gasteiger partial charge is 0.368 e. The molecule has 182 valence electrons. The van der Waals surface area contributed by atoms with E-state index in [0.29, 0.717) is 30.3 Å². The van der Waals surface area contributed by atoms with E-state index in [-0.39, 0.29) is 6.04 Å². The molecule has 5 N–H and O–H groups in total. The predicted molar refractivity (Wildman–Crippen MR) is 144 cm³/mol. The van der Waals surface area contributed by atoms with E-state index >= 15 is 0 Å². The molecule has 2 fully saturated rings. The SMILES string of the molecule is Nc1nc(NCc2ccc(-c3ccsc3)cc2)c2nc(C3CCCC(N)C3)n(C3CCCC3)c2n1. The third kappa shape index (κ3) is 4.52. The van der Waals surface area contributed by atoms with E-state index in [2.05, 4.69) is 56.0 Å². The molecular formula is C27H33N7S. The summed E-state index contributed by atoms with van der Waals surface area (Å²) in [5.74, 6) is 2.50. The van der Waals surface area contributed by atoms with E-state index in [1.165, 1.54) is 42.4 Å². The number of benzene rings is 1. The van der Waals surface area contributed by atoms with Gasteiger partial charge in [0.2, 0.25) is 5.95 Å². The number of nitrogen functional groups attached to an aromatic ring is 1. The quantitative estimate of drug-likeness (QED) is 0.315. The normalized spacial score (nSPS) is 21.1. The number of anilines is 2. The third-order valence-electron chi connectivity index (χ3n) is 7.62. The highest BCUT2D eigenvalue weighted by Crippen LogP contribution is 2.40. The highest BCUT2D eigenvalue weighted by Gasteiger charge is 2.31. The van der Waals surface area contributed by atoms with E-state index in [9.17, 15) is 0 Å². The van der Waals surface area contributed by atoms with E-state index in [1.807, 2.05) is 0 Å². The van der Waals surface area contributed by atoms with Crippen LogP contribution < -0.4 is 16.8 Å². The Bertz CT molecular complexity index is 1290. The van der Waals surface area contributed by atoms with Gasteiger partial charge in [-0.2, -0.15) is 21.3 Å². The maximum absolute atomic E-state index is 6.37. The van der Waals surface area contributed by atoms with Crippen molar-refractivity contribution in [1.29, 1.82) is 0 Å². The van der Waals surface area contributed by atoms with E-state index in [1.54, 1.807) is 11.3 Å². The van der Waals surface area contributed by atoms with Crippen molar-refractivity contribution in [2.24, 2.45) is 5.73 Å². The zero-order valence-electron chi connectivity index (χ0n) is 20.0. The fourth-order valence-corrected chi connectivity index (χ4v) is 6.50. The smallest absolute Gasteiger partial charge is 0.224 e. The van der Waals surface area contributed by atoms with Gasteiger partial charge in [-0.1, -0.05) is 43.5 Å². The minimum Gasteiger partial charge on any atom is -0.368 e. The number of nitrogens with zero attached hydrogens (tertiary/aromatic N) is 4. The number of aromatic nitrogens is 4. The molecule has 3 aromatic heterocycles. The van der Waals surface area contributed by atoms with Gasteiger partial charge in [0.1, 0.15) is 5.82 Å². The first-order chi connectivity index (χ1) is 17.2. The fourth-order valence-electron chi connectivity index (χ4n) is 5.83. The Hall–Kier alpha value is -2.97. The summed E-state index contributed by atoms with van der Waals surface area (Å²) in [5.41, 5.74) is 18.0. The van der Waals surface area contributed by atoms with Crippen LogP contribution in [0.3, 0.4) is 0 Å². The maximum Gasteiger partial charge on any atom is 0.224 e. The second-order valence-corrected chi connectivity index (χ2v) is 10.8. The molecule has 8 heteroatoms. The summed E-state index contributed by atoms with van der Waals surface area (Å²) in [4.78, 5) is 14.5. The highest BCUT2D eigenvalue weighted by molar-refractivity contribution is 7.08. The van der Waals surface area contributed by atoms with Crippen molar-refractivity contribution in [3.63, 3.8) is 0 Å². The zero-order chi connectivity index (χ0) is 23.8. The van der Waals surface area contributed by atoms with Gasteiger partial charge >= 0.3 is 0 Å². The summed E-state index contributed by atoms with van der Waals surface area (Å²) >= 11 is 1.72. The lowest BCUT2D eigenvalue weighted by molar-refractivity contribution is 0.364. The van der Waals surface area contributed by atoms with Crippen LogP contribution in [0.1, 0.15) is 74.7 Å². The molecule has 35 heavy (non-hydrogen) atoms. The maximum atomic E-state index is 6.37. The Morgan fingerprint density at radius 3 is 2.51 bits per heavy atom. The first-order valence-corrected chi connectivity index (χ1v) is 13.8. The Morgan fingerprint density at radius 1 is 0.943 bits per heavy atom. The molecule has 1 aromatic carbocycles. The van der Waals surface area contributed by atoms with Crippen LogP contribution in [0.2, 0.25) is 0 Å². The van der Waals surface area contributed by atoms with E-state index in [0.717, 1.165) is 42.7 Å². The average molecular weight is 488 g/mol. The van der Waals surface area contributed by atoms with Gasteiger partial charge in [0.25, 0.3) is 0 Å². The van der Waals surface area contributed by atoms with Crippen molar-refractivity contribution in [2.75, 3.05) is 11.1 Å². The molecule has 2 aliphatic carbocycles. The van der Waals surface area contributed by atoms with Gasteiger partial charge in [-0.15, -0.1) is 0 Å². The minimum atomic E-state index is 0.247. The number of thiophene rings is 1. The lowest BCUT2D eigenvalue weighted by Crippen LogP contribution is -2.28. The molecule has 2 unspecified atom stereocenters. The Kier molecular flexibility index (Phi) is 6.16. The van der Waals surface area contributed by atoms with Crippen LogP contribution in [0, 0.1) is 0 Å². The summed E-state index contributed by atoms with van der Waals surface area (Å²) in [6, 6.07) is 11.5. The van der Waals surface area contributed by atoms with Gasteiger partial charge in [0.15, 0.2) is 17.0 Å². The summed E-state index contributed by atoms with van der Waals surface area (Å²) in [6.45, 7) is 0.648. The average Bonchev–Trinajstić information content (AvgIpc) is 3.64. The lowest BCUT2D eigenvalue weighted by Gasteiger charge is -2.28. The highest BCUT2D eigenvalue weighted by atomic mass is 32.1. The topological polar surface area (TPSA) is 108 Å². The molecule has 2 atom stereocenters. The molecule has 0 aliphatic heterocycles. The number of fused-ring (bicyclic) bond motifs is 1. The van der Waals surface area contributed by atoms with Crippen LogP contribution in [-0.4, -0.2) is 25.6 Å². The van der Waals surface area contributed by atoms with Crippen molar-refractivity contribution in [3.05, 3.63) is 52.5 Å². The molecule has 2 saturated carbocycles. The number of rotatable bonds is 6. The summed E-state index contributed by atoms with van der Waals surface area (Å²) in [6.07, 6.45) is 9.21. The molecular weight excluding hydrogens is 454 g/mol. The van der Waals surface area contributed by atoms with Crippen molar-refractivity contribution in [3.8, 4) is 11.1 Å². The van der Waals surface area contributed by atoms with Gasteiger partial charge < -0.3 is 21.4 Å². The number of imidazole rings is 1. The fraction of sp³-hybridized carbons (Fsp3) is 0.444. The second kappa shape index (κ2) is 9.59. The van der Waals surface area contributed by atoms with Gasteiger partial charge in [0.05, 0.1) is 0 Å². The van der Waals surface area contributed by atoms with Crippen LogP contribution in [0.4, 0.5) is 11.8 Å². The number of nitrogens with two attached hydrogens (primary N) is 2. The minimum absolute atomic E-state index is 0.247. The Labute approximate surface area is 210 Å². The van der Waals surface area contributed by atoms with Gasteiger partial charge in [-0.25, -0.2) is 4.98 Å². The predicted octanol–water partition coefficient (Wildman–Crippen LogP) is 5.85. The molecule has 0 bridgehead atoms. The third-order valence-corrected chi connectivity index (χ3v) is 8.31. The first-order valence-electron chi connectivity index (χ1n) is 12.8. The number of nitrogens with one attached hydrogen (secondary N) is 1. The van der Waals surface area contributed by atoms with Gasteiger partial charge in [-0.3, -0.25) is 0 Å². The molecule has 7 nitrogen and oxygen atoms in total. The molecule has 0 spiro atoms. The zero-order valence-corrected chi connectivity index (χ0v) is 20.8. The van der Waals surface area contributed by atoms with Crippen molar-refractivity contribution >= 4 is 34.3 Å². The van der Waals surface area contributed by atoms with Crippen LogP contribution in [0.5, 0.6) is 0 Å². The standard InChI is InChI=1S/C27H33N7S/c28-21-5-3-4-19(14-21)25-31-23-24(32-27(29)33-26(23)34(25)22-6-1-2-7-22)30-15-17-8-10-18(11-9-17)20-12-13-35-16-20/h8-13,16,19,21-22H,1-7,14-15,28H2,(H3,29,30,32,33). The van der Waals surface area contributed by atoms with Gasteiger partial charge in [0, 0.05) is 24.5 Å². The Balaban J connectivity index is 1.33. The monoisotopic (exact) mass is 487 g/mol. The van der Waals surface area contributed by atoms with Crippen molar-refractivity contribution in [1.82, 2.24) is 19.5 Å². The Morgan fingerprint density at radius 2 is 1.77 bits per heavy atom. The molecule has 3 heterocycles. The van der Waals surface area contributed by atoms with E-state index in [4.69, 9.17) is 21.4 Å². The molecule has 4 aromatic rings. The van der Waals surface area contributed by atoms with E-state index < -0.39 is 0 Å². The van der Waals surface area contributed by atoms with Crippen LogP contribution in [0.15, 0.2) is 41.1 Å². The van der Waals surface area contributed by atoms with Crippen LogP contribution in [0.25, 0.3) is 22.3 Å². The van der Waals surface area contributed by atoms with Crippen molar-refractivity contribution in [2.45, 2.75) is 75.9 Å². The molecule has 6 rings (SSSR count). The summed E-state index contributed by atoms with van der Waals surface area (Å²) in [7, 11) is 0. The van der Waals surface area contributed by atoms with Crippen LogP contribution >= 0.6 is 11.3 Å². The molecule has 2 aliphatic rings. The first kappa shape index (κ1) is 22.5.